The lowest BCUT2D eigenvalue weighted by molar-refractivity contribution is 1.07. The van der Waals surface area contributed by atoms with E-state index in [1.165, 1.54) is 11.1 Å². The normalized spacial score (nSPS) is 11.3. The van der Waals surface area contributed by atoms with E-state index in [2.05, 4.69) is 108 Å². The third kappa shape index (κ3) is 6.92. The fourth-order valence-corrected chi connectivity index (χ4v) is 6.54. The van der Waals surface area contributed by atoms with Crippen LogP contribution in [0.5, 0.6) is 0 Å². The number of para-hydroxylation sites is 2. The molecule has 0 amide bonds. The van der Waals surface area contributed by atoms with Crippen LogP contribution in [-0.4, -0.2) is 29.9 Å². The van der Waals surface area contributed by atoms with Crippen LogP contribution in [0.1, 0.15) is 11.1 Å². The van der Waals surface area contributed by atoms with E-state index in [1.54, 1.807) is 12.4 Å². The standard InChI is InChI=1S/C48H32N6/c1-3-14-34(15-4-1)42-21-8-7-16-35(42)25-24-33-13-11-19-37(27-33)39-28-40(45-32-50-43-22-9-10-23-44(43)51-45)30-41(29-39)48-53-46(36-17-5-2-6-18-36)52-47(54-48)38-20-12-26-49-31-38/h1-32H/b25-24+. The molecular formula is C48H32N6. The van der Waals surface area contributed by atoms with Crippen LogP contribution in [-0.2, 0) is 0 Å². The molecule has 3 aromatic heterocycles. The Labute approximate surface area is 313 Å². The Hall–Kier alpha value is -7.44. The van der Waals surface area contributed by atoms with Gasteiger partial charge in [-0.3, -0.25) is 9.97 Å². The van der Waals surface area contributed by atoms with Gasteiger partial charge in [0, 0.05) is 34.6 Å². The van der Waals surface area contributed by atoms with Crippen LogP contribution >= 0.6 is 0 Å². The van der Waals surface area contributed by atoms with Crippen LogP contribution in [0.3, 0.4) is 0 Å². The van der Waals surface area contributed by atoms with Crippen LogP contribution < -0.4 is 0 Å². The molecule has 0 N–H and O–H groups in total. The summed E-state index contributed by atoms with van der Waals surface area (Å²) in [5.41, 5.74) is 12.5. The predicted octanol–water partition coefficient (Wildman–Crippen LogP) is 11.4. The molecule has 3 heterocycles. The zero-order valence-corrected chi connectivity index (χ0v) is 29.2. The zero-order chi connectivity index (χ0) is 36.1. The molecule has 0 bridgehead atoms. The first-order valence-electron chi connectivity index (χ1n) is 17.8. The summed E-state index contributed by atoms with van der Waals surface area (Å²) in [6, 6.07) is 55.7. The average Bonchev–Trinajstić information content (AvgIpc) is 3.26. The summed E-state index contributed by atoms with van der Waals surface area (Å²) in [5, 5.41) is 0. The second kappa shape index (κ2) is 14.7. The second-order valence-corrected chi connectivity index (χ2v) is 12.9. The molecule has 6 heteroatoms. The smallest absolute Gasteiger partial charge is 0.165 e. The topological polar surface area (TPSA) is 77.3 Å². The van der Waals surface area contributed by atoms with Gasteiger partial charge in [0.05, 0.1) is 22.9 Å². The molecule has 9 rings (SSSR count). The van der Waals surface area contributed by atoms with Gasteiger partial charge in [-0.15, -0.1) is 0 Å². The second-order valence-electron chi connectivity index (χ2n) is 12.9. The Morgan fingerprint density at radius 1 is 0.370 bits per heavy atom. The Kier molecular flexibility index (Phi) is 8.81. The maximum Gasteiger partial charge on any atom is 0.165 e. The van der Waals surface area contributed by atoms with Crippen molar-refractivity contribution < 1.29 is 0 Å². The van der Waals surface area contributed by atoms with E-state index >= 15 is 0 Å². The Morgan fingerprint density at radius 3 is 1.80 bits per heavy atom. The van der Waals surface area contributed by atoms with E-state index in [9.17, 15) is 0 Å². The molecule has 54 heavy (non-hydrogen) atoms. The molecular weight excluding hydrogens is 661 g/mol. The average molecular weight is 693 g/mol. The Bertz CT molecular complexity index is 2710. The highest BCUT2D eigenvalue weighted by atomic mass is 15.0. The van der Waals surface area contributed by atoms with Gasteiger partial charge in [-0.05, 0) is 81.9 Å². The molecule has 0 aliphatic heterocycles. The number of fused-ring (bicyclic) bond motifs is 1. The molecule has 254 valence electrons. The van der Waals surface area contributed by atoms with E-state index in [0.717, 1.165) is 61.2 Å². The Morgan fingerprint density at radius 2 is 1.00 bits per heavy atom. The summed E-state index contributed by atoms with van der Waals surface area (Å²) in [7, 11) is 0. The van der Waals surface area contributed by atoms with Gasteiger partial charge < -0.3 is 0 Å². The summed E-state index contributed by atoms with van der Waals surface area (Å²) < 4.78 is 0. The number of nitrogens with zero attached hydrogens (tertiary/aromatic N) is 6. The summed E-state index contributed by atoms with van der Waals surface area (Å²) in [4.78, 5) is 29.1. The van der Waals surface area contributed by atoms with Crippen LogP contribution in [0.25, 0.3) is 90.9 Å². The predicted molar refractivity (Wildman–Crippen MR) is 219 cm³/mol. The maximum absolute atomic E-state index is 5.04. The SMILES string of the molecule is C(=C\c1ccccc1-c1ccccc1)/c1cccc(-c2cc(-c3cnc4ccccc4n3)cc(-c3nc(-c4ccccc4)nc(-c4cccnc4)n3)c2)c1. The molecule has 0 spiro atoms. The highest BCUT2D eigenvalue weighted by molar-refractivity contribution is 5.84. The maximum atomic E-state index is 5.04. The molecule has 0 saturated heterocycles. The van der Waals surface area contributed by atoms with E-state index in [1.807, 2.05) is 79.0 Å². The van der Waals surface area contributed by atoms with E-state index in [4.69, 9.17) is 24.9 Å². The van der Waals surface area contributed by atoms with Crippen molar-refractivity contribution in [3.05, 3.63) is 194 Å². The van der Waals surface area contributed by atoms with E-state index in [-0.39, 0.29) is 0 Å². The lowest BCUT2D eigenvalue weighted by Gasteiger charge is -2.12. The summed E-state index contributed by atoms with van der Waals surface area (Å²) in [5.74, 6) is 1.68. The number of pyridine rings is 1. The fourth-order valence-electron chi connectivity index (χ4n) is 6.54. The molecule has 9 aromatic rings. The lowest BCUT2D eigenvalue weighted by Crippen LogP contribution is -2.01. The number of rotatable bonds is 8. The van der Waals surface area contributed by atoms with E-state index in [0.29, 0.717) is 17.5 Å². The minimum atomic E-state index is 0.548. The minimum Gasteiger partial charge on any atom is -0.264 e. The van der Waals surface area contributed by atoms with Gasteiger partial charge in [-0.2, -0.15) is 0 Å². The van der Waals surface area contributed by atoms with Crippen LogP contribution in [0.4, 0.5) is 0 Å². The third-order valence-electron chi connectivity index (χ3n) is 9.24. The van der Waals surface area contributed by atoms with Crippen LogP contribution in [0.15, 0.2) is 182 Å². The minimum absolute atomic E-state index is 0.548. The van der Waals surface area contributed by atoms with Gasteiger partial charge in [0.1, 0.15) is 0 Å². The summed E-state index contributed by atoms with van der Waals surface area (Å²) in [6.07, 6.45) is 9.71. The third-order valence-corrected chi connectivity index (χ3v) is 9.24. The number of hydrogen-bond acceptors (Lipinski definition) is 6. The van der Waals surface area contributed by atoms with E-state index < -0.39 is 0 Å². The molecule has 0 unspecified atom stereocenters. The van der Waals surface area contributed by atoms with Gasteiger partial charge in [0.15, 0.2) is 17.5 Å². The zero-order valence-electron chi connectivity index (χ0n) is 29.2. The van der Waals surface area contributed by atoms with Gasteiger partial charge in [0.2, 0.25) is 0 Å². The van der Waals surface area contributed by atoms with Gasteiger partial charge in [0.25, 0.3) is 0 Å². The van der Waals surface area contributed by atoms with Crippen molar-refractivity contribution in [1.82, 2.24) is 29.9 Å². The van der Waals surface area contributed by atoms with Crippen molar-refractivity contribution in [2.24, 2.45) is 0 Å². The molecule has 0 aliphatic rings. The monoisotopic (exact) mass is 692 g/mol. The quantitative estimate of drug-likeness (QED) is 0.148. The highest BCUT2D eigenvalue weighted by Crippen LogP contribution is 2.34. The van der Waals surface area contributed by atoms with Crippen LogP contribution in [0, 0.1) is 0 Å². The van der Waals surface area contributed by atoms with Crippen molar-refractivity contribution in [2.75, 3.05) is 0 Å². The highest BCUT2D eigenvalue weighted by Gasteiger charge is 2.16. The van der Waals surface area contributed by atoms with Crippen molar-refractivity contribution in [2.45, 2.75) is 0 Å². The molecule has 0 saturated carbocycles. The van der Waals surface area contributed by atoms with Crippen molar-refractivity contribution in [1.29, 1.82) is 0 Å². The van der Waals surface area contributed by atoms with Crippen molar-refractivity contribution in [3.8, 4) is 67.7 Å². The fraction of sp³-hybridized carbons (Fsp3) is 0. The van der Waals surface area contributed by atoms with Gasteiger partial charge in [-0.25, -0.2) is 19.9 Å². The van der Waals surface area contributed by atoms with Gasteiger partial charge >= 0.3 is 0 Å². The first-order valence-corrected chi connectivity index (χ1v) is 17.8. The summed E-state index contributed by atoms with van der Waals surface area (Å²) >= 11 is 0. The van der Waals surface area contributed by atoms with Crippen molar-refractivity contribution >= 4 is 23.2 Å². The first kappa shape index (κ1) is 32.5. The lowest BCUT2D eigenvalue weighted by atomic mass is 9.96. The van der Waals surface area contributed by atoms with Crippen LogP contribution in [0.2, 0.25) is 0 Å². The largest absolute Gasteiger partial charge is 0.264 e. The number of hydrogen-bond donors (Lipinski definition) is 0. The Balaban J connectivity index is 1.18. The molecule has 0 aliphatic carbocycles. The molecule has 6 aromatic carbocycles. The summed E-state index contributed by atoms with van der Waals surface area (Å²) in [6.45, 7) is 0. The molecule has 0 atom stereocenters. The van der Waals surface area contributed by atoms with Crippen molar-refractivity contribution in [3.63, 3.8) is 0 Å². The molecule has 6 nitrogen and oxygen atoms in total. The number of benzene rings is 6. The first-order chi connectivity index (χ1) is 26.7. The molecule has 0 fully saturated rings. The number of aromatic nitrogens is 6. The van der Waals surface area contributed by atoms with Gasteiger partial charge in [-0.1, -0.05) is 127 Å². The molecule has 0 radical (unpaired) electrons.